The average Bonchev–Trinajstić information content (AvgIpc) is 3.07. The number of aromatic nitrogens is 3. The van der Waals surface area contributed by atoms with Gasteiger partial charge < -0.3 is 15.0 Å². The fourth-order valence-electron chi connectivity index (χ4n) is 2.05. The Kier molecular flexibility index (Phi) is 6.85. The Morgan fingerprint density at radius 1 is 1.19 bits per heavy atom. The normalized spacial score (nSPS) is 10.8. The highest BCUT2D eigenvalue weighted by atomic mass is 16.5. The Balaban J connectivity index is 1.85. The van der Waals surface area contributed by atoms with E-state index in [1.165, 1.54) is 15.8 Å². The highest BCUT2D eigenvalue weighted by Gasteiger charge is 2.13. The van der Waals surface area contributed by atoms with Crippen LogP contribution in [0.1, 0.15) is 35.5 Å². The number of nitrogens with zero attached hydrogens (tertiary/aromatic N) is 4. The number of likely N-dealkylation sites (N-methyl/N-ethyl adjacent to an activating group) is 1. The third kappa shape index (κ3) is 5.96. The molecular formula is C18H25N5O3. The van der Waals surface area contributed by atoms with Crippen molar-refractivity contribution in [3.05, 3.63) is 47.3 Å². The van der Waals surface area contributed by atoms with Crippen LogP contribution in [0.15, 0.2) is 30.5 Å². The van der Waals surface area contributed by atoms with Crippen LogP contribution in [0.4, 0.5) is 0 Å². The van der Waals surface area contributed by atoms with Crippen molar-refractivity contribution < 1.29 is 14.3 Å². The Morgan fingerprint density at radius 2 is 1.85 bits per heavy atom. The van der Waals surface area contributed by atoms with Crippen LogP contribution >= 0.6 is 0 Å². The second-order valence-electron chi connectivity index (χ2n) is 6.45. The second-order valence-corrected chi connectivity index (χ2v) is 6.45. The zero-order valence-electron chi connectivity index (χ0n) is 15.6. The van der Waals surface area contributed by atoms with E-state index in [1.807, 2.05) is 38.1 Å². The summed E-state index contributed by atoms with van der Waals surface area (Å²) in [5.41, 5.74) is 2.24. The molecule has 1 aromatic heterocycles. The van der Waals surface area contributed by atoms with Gasteiger partial charge in [0.15, 0.2) is 5.69 Å². The van der Waals surface area contributed by atoms with Crippen molar-refractivity contribution in [2.45, 2.75) is 39.6 Å². The van der Waals surface area contributed by atoms with Crippen molar-refractivity contribution >= 4 is 11.8 Å². The van der Waals surface area contributed by atoms with Crippen LogP contribution in [-0.4, -0.2) is 51.9 Å². The number of hydrogen-bond acceptors (Lipinski definition) is 5. The molecule has 2 rings (SSSR count). The Bertz CT molecular complexity index is 738. The summed E-state index contributed by atoms with van der Waals surface area (Å²) in [5, 5.41) is 10.4. The lowest BCUT2D eigenvalue weighted by molar-refractivity contribution is -0.129. The smallest absolute Gasteiger partial charge is 0.273 e. The molecule has 0 spiro atoms. The number of hydrogen-bond donors (Lipinski definition) is 1. The van der Waals surface area contributed by atoms with Gasteiger partial charge in [-0.25, -0.2) is 4.68 Å². The molecule has 8 heteroatoms. The molecule has 1 aromatic carbocycles. The van der Waals surface area contributed by atoms with Gasteiger partial charge >= 0.3 is 0 Å². The summed E-state index contributed by atoms with van der Waals surface area (Å²) in [7, 11) is 3.32. The Labute approximate surface area is 153 Å². The largest absolute Gasteiger partial charge is 0.374 e. The van der Waals surface area contributed by atoms with Gasteiger partial charge in [0.25, 0.3) is 5.91 Å². The number of amides is 2. The van der Waals surface area contributed by atoms with E-state index >= 15 is 0 Å². The first-order chi connectivity index (χ1) is 12.3. The molecule has 0 aliphatic rings. The van der Waals surface area contributed by atoms with E-state index in [0.717, 1.165) is 11.1 Å². The molecule has 0 fully saturated rings. The number of carbonyl (C=O) groups is 2. The monoisotopic (exact) mass is 359 g/mol. The lowest BCUT2D eigenvalue weighted by Crippen LogP contribution is -2.26. The zero-order valence-corrected chi connectivity index (χ0v) is 15.6. The first-order valence-corrected chi connectivity index (χ1v) is 8.43. The molecular weight excluding hydrogens is 334 g/mol. The van der Waals surface area contributed by atoms with Crippen LogP contribution in [0.25, 0.3) is 0 Å². The van der Waals surface area contributed by atoms with Crippen molar-refractivity contribution in [2.24, 2.45) is 0 Å². The number of ether oxygens (including phenoxy) is 1. The number of carbonyl (C=O) groups excluding carboxylic acids is 2. The summed E-state index contributed by atoms with van der Waals surface area (Å²) in [5.74, 6) is -0.454. The van der Waals surface area contributed by atoms with Crippen LogP contribution in [0.3, 0.4) is 0 Å². The average molecular weight is 359 g/mol. The maximum Gasteiger partial charge on any atom is 0.273 e. The highest BCUT2D eigenvalue weighted by molar-refractivity contribution is 5.91. The van der Waals surface area contributed by atoms with Crippen molar-refractivity contribution in [2.75, 3.05) is 14.1 Å². The van der Waals surface area contributed by atoms with Gasteiger partial charge in [-0.15, -0.1) is 5.10 Å². The van der Waals surface area contributed by atoms with Crippen LogP contribution in [0.2, 0.25) is 0 Å². The molecule has 0 unspecified atom stereocenters. The molecule has 0 bridgehead atoms. The molecule has 8 nitrogen and oxygen atoms in total. The molecule has 0 saturated heterocycles. The minimum Gasteiger partial charge on any atom is -0.374 e. The highest BCUT2D eigenvalue weighted by Crippen LogP contribution is 2.07. The molecule has 1 heterocycles. The van der Waals surface area contributed by atoms with Gasteiger partial charge in [0.2, 0.25) is 5.91 Å². The first-order valence-electron chi connectivity index (χ1n) is 8.43. The molecule has 0 atom stereocenters. The molecule has 2 amide bonds. The third-order valence-electron chi connectivity index (χ3n) is 3.63. The number of rotatable bonds is 8. The lowest BCUT2D eigenvalue weighted by Gasteiger charge is -2.09. The fourth-order valence-corrected chi connectivity index (χ4v) is 2.05. The van der Waals surface area contributed by atoms with E-state index in [9.17, 15) is 9.59 Å². The van der Waals surface area contributed by atoms with E-state index in [0.29, 0.717) is 13.2 Å². The van der Waals surface area contributed by atoms with Crippen molar-refractivity contribution in [1.29, 1.82) is 0 Å². The minimum absolute atomic E-state index is 0.0488. The van der Waals surface area contributed by atoms with Crippen molar-refractivity contribution in [1.82, 2.24) is 25.2 Å². The standard InChI is InChI=1S/C18H25N5O3/c1-13(2)26-12-15-7-5-14(6-8-15)9-19-18(25)16-10-23(21-20-16)11-17(24)22(3)4/h5-8,10,13H,9,11-12H2,1-4H3,(H,19,25). The van der Waals surface area contributed by atoms with Gasteiger partial charge in [-0.1, -0.05) is 29.5 Å². The van der Waals surface area contributed by atoms with Gasteiger partial charge in [0.1, 0.15) is 6.54 Å². The zero-order chi connectivity index (χ0) is 19.1. The number of nitrogens with one attached hydrogen (secondary N) is 1. The second kappa shape index (κ2) is 9.10. The van der Waals surface area contributed by atoms with E-state index in [-0.39, 0.29) is 30.2 Å². The molecule has 0 aliphatic heterocycles. The summed E-state index contributed by atoms with van der Waals surface area (Å²) >= 11 is 0. The molecule has 0 radical (unpaired) electrons. The van der Waals surface area contributed by atoms with Crippen LogP contribution in [0, 0.1) is 0 Å². The van der Waals surface area contributed by atoms with Gasteiger partial charge in [0, 0.05) is 20.6 Å². The van der Waals surface area contributed by atoms with E-state index < -0.39 is 0 Å². The van der Waals surface area contributed by atoms with Gasteiger partial charge in [0.05, 0.1) is 18.9 Å². The summed E-state index contributed by atoms with van der Waals surface area (Å²) in [4.78, 5) is 25.2. The maximum absolute atomic E-state index is 12.2. The Hall–Kier alpha value is -2.74. The van der Waals surface area contributed by atoms with E-state index in [4.69, 9.17) is 4.74 Å². The SMILES string of the molecule is CC(C)OCc1ccc(CNC(=O)c2cn(CC(=O)N(C)C)nn2)cc1. The predicted molar refractivity (Wildman–Crippen MR) is 96.3 cm³/mol. The molecule has 2 aromatic rings. The predicted octanol–water partition coefficient (Wildman–Crippen LogP) is 1.22. The van der Waals surface area contributed by atoms with Gasteiger partial charge in [-0.05, 0) is 25.0 Å². The van der Waals surface area contributed by atoms with Gasteiger partial charge in [-0.2, -0.15) is 0 Å². The molecule has 1 N–H and O–H groups in total. The first kappa shape index (κ1) is 19.6. The summed E-state index contributed by atoms with van der Waals surface area (Å²) in [6, 6.07) is 7.86. The van der Waals surface area contributed by atoms with E-state index in [2.05, 4.69) is 15.6 Å². The summed E-state index contributed by atoms with van der Waals surface area (Å²) in [6.07, 6.45) is 1.65. The summed E-state index contributed by atoms with van der Waals surface area (Å²) < 4.78 is 6.90. The Morgan fingerprint density at radius 3 is 2.46 bits per heavy atom. The van der Waals surface area contributed by atoms with Crippen LogP contribution in [-0.2, 0) is 29.2 Å². The van der Waals surface area contributed by atoms with Crippen molar-refractivity contribution in [3.8, 4) is 0 Å². The lowest BCUT2D eigenvalue weighted by atomic mass is 10.1. The van der Waals surface area contributed by atoms with Crippen LogP contribution < -0.4 is 5.32 Å². The maximum atomic E-state index is 12.2. The number of benzene rings is 1. The van der Waals surface area contributed by atoms with Crippen molar-refractivity contribution in [3.63, 3.8) is 0 Å². The topological polar surface area (TPSA) is 89.4 Å². The fraction of sp³-hybridized carbons (Fsp3) is 0.444. The molecule has 0 aliphatic carbocycles. The quantitative estimate of drug-likeness (QED) is 0.765. The van der Waals surface area contributed by atoms with Crippen LogP contribution in [0.5, 0.6) is 0 Å². The molecule has 0 saturated carbocycles. The summed E-state index contributed by atoms with van der Waals surface area (Å²) in [6.45, 7) is 4.99. The van der Waals surface area contributed by atoms with Gasteiger partial charge in [-0.3, -0.25) is 9.59 Å². The molecule has 140 valence electrons. The minimum atomic E-state index is -0.333. The van der Waals surface area contributed by atoms with E-state index in [1.54, 1.807) is 14.1 Å². The molecule has 26 heavy (non-hydrogen) atoms. The third-order valence-corrected chi connectivity index (χ3v) is 3.63.